The molecule has 4 nitrogen and oxygen atoms in total. The Morgan fingerprint density at radius 2 is 1.96 bits per heavy atom. The number of hydrogen-bond donors (Lipinski definition) is 1. The maximum atomic E-state index is 13.0. The highest BCUT2D eigenvalue weighted by Gasteiger charge is 2.33. The first-order chi connectivity index (χ1) is 11.4. The van der Waals surface area contributed by atoms with Crippen LogP contribution < -0.4 is 0 Å². The second-order valence-corrected chi connectivity index (χ2v) is 6.15. The fourth-order valence-electron chi connectivity index (χ4n) is 2.79. The van der Waals surface area contributed by atoms with Gasteiger partial charge in [0.05, 0.1) is 24.4 Å². The van der Waals surface area contributed by atoms with E-state index < -0.39 is 17.8 Å². The van der Waals surface area contributed by atoms with Crippen LogP contribution in [0.3, 0.4) is 0 Å². The molecule has 0 radical (unpaired) electrons. The third-order valence-electron chi connectivity index (χ3n) is 3.98. The number of nitrogens with zero attached hydrogens (tertiary/aromatic N) is 1. The van der Waals surface area contributed by atoms with E-state index in [1.54, 1.807) is 18.0 Å². The molecule has 1 aliphatic rings. The van der Waals surface area contributed by atoms with Crippen molar-refractivity contribution < 1.29 is 27.8 Å². The number of rotatable bonds is 7. The second-order valence-electron chi connectivity index (χ2n) is 6.15. The van der Waals surface area contributed by atoms with Crippen molar-refractivity contribution in [3.63, 3.8) is 0 Å². The number of likely N-dealkylation sites (N-methyl/N-ethyl adjacent to an activating group) is 1. The standard InChI is InChI=1S/C17H24F3NO3/c1-21(10-13-4-2-3-5-16(13)17(18,19)20)11-14(22)12-24-15-6-8-23-9-7-15/h2-5,14-15,22H,6-12H2,1H3. The summed E-state index contributed by atoms with van der Waals surface area (Å²) in [5.41, 5.74) is -0.435. The lowest BCUT2D eigenvalue weighted by Gasteiger charge is -2.26. The van der Waals surface area contributed by atoms with Crippen LogP contribution in [0.1, 0.15) is 24.0 Å². The van der Waals surface area contributed by atoms with E-state index in [2.05, 4.69) is 0 Å². The van der Waals surface area contributed by atoms with Crippen molar-refractivity contribution in [3.05, 3.63) is 35.4 Å². The summed E-state index contributed by atoms with van der Waals surface area (Å²) in [5.74, 6) is 0. The van der Waals surface area contributed by atoms with E-state index in [-0.39, 0.29) is 31.4 Å². The number of aliphatic hydroxyl groups excluding tert-OH is 1. The second kappa shape index (κ2) is 8.80. The molecular formula is C17H24F3NO3. The Balaban J connectivity index is 1.81. The Labute approximate surface area is 140 Å². The number of ether oxygens (including phenoxy) is 2. The van der Waals surface area contributed by atoms with Gasteiger partial charge in [-0.1, -0.05) is 18.2 Å². The summed E-state index contributed by atoms with van der Waals surface area (Å²) in [6, 6.07) is 5.50. The summed E-state index contributed by atoms with van der Waals surface area (Å²) in [7, 11) is 1.69. The molecule has 1 aromatic carbocycles. The van der Waals surface area contributed by atoms with Crippen LogP contribution in [0, 0.1) is 0 Å². The molecule has 136 valence electrons. The van der Waals surface area contributed by atoms with Gasteiger partial charge in [-0.2, -0.15) is 13.2 Å². The number of alkyl halides is 3. The summed E-state index contributed by atoms with van der Waals surface area (Å²) < 4.78 is 49.8. The van der Waals surface area contributed by atoms with Crippen LogP contribution in [0.5, 0.6) is 0 Å². The van der Waals surface area contributed by atoms with Gasteiger partial charge in [0.15, 0.2) is 0 Å². The van der Waals surface area contributed by atoms with Gasteiger partial charge in [0.2, 0.25) is 0 Å². The van der Waals surface area contributed by atoms with Gasteiger partial charge in [-0.05, 0) is 31.5 Å². The monoisotopic (exact) mass is 347 g/mol. The van der Waals surface area contributed by atoms with Crippen molar-refractivity contribution >= 4 is 0 Å². The van der Waals surface area contributed by atoms with Crippen LogP contribution in [0.4, 0.5) is 13.2 Å². The number of benzene rings is 1. The van der Waals surface area contributed by atoms with Gasteiger partial charge in [0, 0.05) is 26.3 Å². The van der Waals surface area contributed by atoms with Crippen molar-refractivity contribution in [2.45, 2.75) is 37.8 Å². The molecule has 0 spiro atoms. The summed E-state index contributed by atoms with van der Waals surface area (Å²) in [5, 5.41) is 10.0. The van der Waals surface area contributed by atoms with E-state index in [0.717, 1.165) is 18.9 Å². The Hall–Kier alpha value is -1.15. The molecule has 1 atom stereocenters. The van der Waals surface area contributed by atoms with Gasteiger partial charge < -0.3 is 14.6 Å². The summed E-state index contributed by atoms with van der Waals surface area (Å²) in [4.78, 5) is 1.67. The number of halogens is 3. The van der Waals surface area contributed by atoms with Gasteiger partial charge in [-0.25, -0.2) is 0 Å². The minimum Gasteiger partial charge on any atom is -0.389 e. The molecule has 0 amide bonds. The van der Waals surface area contributed by atoms with Crippen LogP contribution in [0.25, 0.3) is 0 Å². The molecule has 2 rings (SSSR count). The molecule has 0 aliphatic carbocycles. The van der Waals surface area contributed by atoms with Gasteiger partial charge in [-0.3, -0.25) is 4.90 Å². The fraction of sp³-hybridized carbons (Fsp3) is 0.647. The molecule has 1 saturated heterocycles. The van der Waals surface area contributed by atoms with Crippen molar-refractivity contribution in [2.75, 3.05) is 33.4 Å². The Kier molecular flexibility index (Phi) is 7.03. The fourth-order valence-corrected chi connectivity index (χ4v) is 2.79. The van der Waals surface area contributed by atoms with E-state index >= 15 is 0 Å². The molecule has 1 aliphatic heterocycles. The van der Waals surface area contributed by atoms with E-state index in [9.17, 15) is 18.3 Å². The summed E-state index contributed by atoms with van der Waals surface area (Å²) in [6.07, 6.45) is -3.41. The van der Waals surface area contributed by atoms with E-state index in [0.29, 0.717) is 13.2 Å². The maximum absolute atomic E-state index is 13.0. The van der Waals surface area contributed by atoms with Crippen molar-refractivity contribution in [1.29, 1.82) is 0 Å². The first-order valence-electron chi connectivity index (χ1n) is 8.07. The van der Waals surface area contributed by atoms with Gasteiger partial charge in [-0.15, -0.1) is 0 Å². The Morgan fingerprint density at radius 3 is 2.62 bits per heavy atom. The molecule has 24 heavy (non-hydrogen) atoms. The minimum atomic E-state index is -4.37. The Bertz CT molecular complexity index is 504. The molecule has 1 fully saturated rings. The zero-order valence-electron chi connectivity index (χ0n) is 13.8. The van der Waals surface area contributed by atoms with E-state index in [4.69, 9.17) is 9.47 Å². The zero-order chi connectivity index (χ0) is 17.6. The molecule has 0 bridgehead atoms. The molecule has 1 N–H and O–H groups in total. The minimum absolute atomic E-state index is 0.0876. The first kappa shape index (κ1) is 19.2. The number of hydrogen-bond acceptors (Lipinski definition) is 4. The third-order valence-corrected chi connectivity index (χ3v) is 3.98. The largest absolute Gasteiger partial charge is 0.416 e. The van der Waals surface area contributed by atoms with Crippen molar-refractivity contribution in [1.82, 2.24) is 4.90 Å². The predicted octanol–water partition coefficient (Wildman–Crippen LogP) is 2.69. The van der Waals surface area contributed by atoms with Crippen LogP contribution in [-0.2, 0) is 22.2 Å². The summed E-state index contributed by atoms with van der Waals surface area (Å²) in [6.45, 7) is 1.86. The van der Waals surface area contributed by atoms with E-state index in [1.807, 2.05) is 0 Å². The lowest BCUT2D eigenvalue weighted by molar-refractivity contribution is -0.138. The Morgan fingerprint density at radius 1 is 1.29 bits per heavy atom. The average Bonchev–Trinajstić information content (AvgIpc) is 2.53. The topological polar surface area (TPSA) is 41.9 Å². The molecule has 0 aromatic heterocycles. The maximum Gasteiger partial charge on any atom is 0.416 e. The van der Waals surface area contributed by atoms with Gasteiger partial charge >= 0.3 is 6.18 Å². The lowest BCUT2D eigenvalue weighted by atomic mass is 10.1. The van der Waals surface area contributed by atoms with Crippen LogP contribution >= 0.6 is 0 Å². The summed E-state index contributed by atoms with van der Waals surface area (Å²) >= 11 is 0. The lowest BCUT2D eigenvalue weighted by Crippen LogP contribution is -2.34. The molecule has 1 unspecified atom stereocenters. The highest BCUT2D eigenvalue weighted by molar-refractivity contribution is 5.29. The normalized spacial score (nSPS) is 18.1. The average molecular weight is 347 g/mol. The highest BCUT2D eigenvalue weighted by atomic mass is 19.4. The predicted molar refractivity (Wildman–Crippen MR) is 83.6 cm³/mol. The molecule has 1 heterocycles. The smallest absolute Gasteiger partial charge is 0.389 e. The third kappa shape index (κ3) is 6.05. The molecular weight excluding hydrogens is 323 g/mol. The zero-order valence-corrected chi connectivity index (χ0v) is 13.8. The van der Waals surface area contributed by atoms with Gasteiger partial charge in [0.1, 0.15) is 0 Å². The molecule has 7 heteroatoms. The SMILES string of the molecule is CN(Cc1ccccc1C(F)(F)F)CC(O)COC1CCOCC1. The van der Waals surface area contributed by atoms with Crippen LogP contribution in [0.15, 0.2) is 24.3 Å². The van der Waals surface area contributed by atoms with Crippen LogP contribution in [-0.4, -0.2) is 55.6 Å². The van der Waals surface area contributed by atoms with Gasteiger partial charge in [0.25, 0.3) is 0 Å². The van der Waals surface area contributed by atoms with Crippen LogP contribution in [0.2, 0.25) is 0 Å². The van der Waals surface area contributed by atoms with E-state index in [1.165, 1.54) is 12.1 Å². The molecule has 1 aromatic rings. The first-order valence-corrected chi connectivity index (χ1v) is 8.07. The highest BCUT2D eigenvalue weighted by Crippen LogP contribution is 2.32. The quantitative estimate of drug-likeness (QED) is 0.824. The number of aliphatic hydroxyl groups is 1. The van der Waals surface area contributed by atoms with Crippen molar-refractivity contribution in [3.8, 4) is 0 Å². The molecule has 0 saturated carbocycles. The van der Waals surface area contributed by atoms with Crippen molar-refractivity contribution in [2.24, 2.45) is 0 Å².